The second kappa shape index (κ2) is 8.40. The van der Waals surface area contributed by atoms with E-state index >= 15 is 0 Å². The van der Waals surface area contributed by atoms with Gasteiger partial charge in [0.1, 0.15) is 12.4 Å². The molecule has 0 amide bonds. The molecule has 0 aromatic heterocycles. The van der Waals surface area contributed by atoms with Crippen molar-refractivity contribution >= 4 is 0 Å². The summed E-state index contributed by atoms with van der Waals surface area (Å²) in [4.78, 5) is 2.52. The molecule has 0 bridgehead atoms. The highest BCUT2D eigenvalue weighted by Gasteiger charge is 2.15. The molecule has 21 heavy (non-hydrogen) atoms. The second-order valence-electron chi connectivity index (χ2n) is 6.56. The average Bonchev–Trinajstić information content (AvgIpc) is 2.48. The molecule has 1 heterocycles. The molecule has 3 heteroatoms. The van der Waals surface area contributed by atoms with Gasteiger partial charge in [-0.3, -0.25) is 4.90 Å². The van der Waals surface area contributed by atoms with Gasteiger partial charge in [-0.2, -0.15) is 0 Å². The summed E-state index contributed by atoms with van der Waals surface area (Å²) >= 11 is 0. The Bertz CT molecular complexity index is 411. The first-order chi connectivity index (χ1) is 10.1. The molecule has 1 aromatic carbocycles. The van der Waals surface area contributed by atoms with E-state index < -0.39 is 0 Å². The van der Waals surface area contributed by atoms with Crippen molar-refractivity contribution in [3.05, 3.63) is 29.8 Å². The highest BCUT2D eigenvalue weighted by Crippen LogP contribution is 2.16. The molecule has 118 valence electrons. The first kappa shape index (κ1) is 16.3. The molecule has 0 radical (unpaired) electrons. The fourth-order valence-corrected chi connectivity index (χ4v) is 2.65. The molecule has 1 fully saturated rings. The number of nitrogens with one attached hydrogen (secondary N) is 1. The van der Waals surface area contributed by atoms with Crippen LogP contribution in [0.1, 0.15) is 39.2 Å². The zero-order valence-electron chi connectivity index (χ0n) is 13.8. The van der Waals surface area contributed by atoms with Crippen molar-refractivity contribution in [2.24, 2.45) is 5.92 Å². The van der Waals surface area contributed by atoms with E-state index in [2.05, 4.69) is 55.3 Å². The number of hydrogen-bond donors (Lipinski definition) is 1. The summed E-state index contributed by atoms with van der Waals surface area (Å²) in [6.07, 6.45) is 2.66. The summed E-state index contributed by atoms with van der Waals surface area (Å²) in [6, 6.07) is 8.94. The molecule has 3 nitrogen and oxygen atoms in total. The zero-order valence-corrected chi connectivity index (χ0v) is 13.8. The van der Waals surface area contributed by atoms with Crippen molar-refractivity contribution in [1.29, 1.82) is 0 Å². The van der Waals surface area contributed by atoms with E-state index in [0.717, 1.165) is 31.4 Å². The van der Waals surface area contributed by atoms with Gasteiger partial charge in [0.15, 0.2) is 0 Å². The lowest BCUT2D eigenvalue weighted by atomic mass is 9.99. The maximum absolute atomic E-state index is 5.91. The van der Waals surface area contributed by atoms with Crippen LogP contribution >= 0.6 is 0 Å². The molecule has 0 saturated carbocycles. The molecule has 0 atom stereocenters. The molecular weight excluding hydrogens is 260 g/mol. The van der Waals surface area contributed by atoms with Gasteiger partial charge in [-0.25, -0.2) is 0 Å². The van der Waals surface area contributed by atoms with Crippen LogP contribution in [0.25, 0.3) is 0 Å². The minimum absolute atomic E-state index is 0.510. The lowest BCUT2D eigenvalue weighted by Gasteiger charge is -2.29. The standard InChI is InChI=1S/C18H30N2O/c1-15(2)19-14-17-5-4-6-18(13-17)21-12-11-20-9-7-16(3)8-10-20/h4-6,13,15-16,19H,7-12,14H2,1-3H3. The third-order valence-corrected chi connectivity index (χ3v) is 4.17. The van der Waals surface area contributed by atoms with Gasteiger partial charge in [-0.05, 0) is 49.5 Å². The van der Waals surface area contributed by atoms with E-state index in [1.54, 1.807) is 0 Å². The Hall–Kier alpha value is -1.06. The minimum Gasteiger partial charge on any atom is -0.492 e. The first-order valence-corrected chi connectivity index (χ1v) is 8.31. The Morgan fingerprint density at radius 1 is 1.29 bits per heavy atom. The van der Waals surface area contributed by atoms with Gasteiger partial charge in [-0.1, -0.05) is 32.9 Å². The van der Waals surface area contributed by atoms with Crippen LogP contribution in [0, 0.1) is 5.92 Å². The number of nitrogens with zero attached hydrogens (tertiary/aromatic N) is 1. The number of piperidine rings is 1. The fraction of sp³-hybridized carbons (Fsp3) is 0.667. The molecule has 0 spiro atoms. The quantitative estimate of drug-likeness (QED) is 0.834. The molecule has 2 rings (SSSR count). The Morgan fingerprint density at radius 3 is 2.76 bits per heavy atom. The van der Waals surface area contributed by atoms with Crippen molar-refractivity contribution in [2.45, 2.75) is 46.2 Å². The van der Waals surface area contributed by atoms with Crippen LogP contribution in [0.15, 0.2) is 24.3 Å². The number of hydrogen-bond acceptors (Lipinski definition) is 3. The summed E-state index contributed by atoms with van der Waals surface area (Å²) in [5.74, 6) is 1.88. The van der Waals surface area contributed by atoms with Crippen LogP contribution < -0.4 is 10.1 Å². The normalized spacial score (nSPS) is 17.3. The van der Waals surface area contributed by atoms with Gasteiger partial charge in [0.25, 0.3) is 0 Å². The van der Waals surface area contributed by atoms with Crippen molar-refractivity contribution < 1.29 is 4.74 Å². The van der Waals surface area contributed by atoms with Crippen molar-refractivity contribution in [2.75, 3.05) is 26.2 Å². The SMILES string of the molecule is CC1CCN(CCOc2cccc(CNC(C)C)c2)CC1. The Morgan fingerprint density at radius 2 is 2.05 bits per heavy atom. The van der Waals surface area contributed by atoms with Gasteiger partial charge < -0.3 is 10.1 Å². The first-order valence-electron chi connectivity index (χ1n) is 8.31. The maximum Gasteiger partial charge on any atom is 0.119 e. The van der Waals surface area contributed by atoms with Gasteiger partial charge >= 0.3 is 0 Å². The van der Waals surface area contributed by atoms with Crippen molar-refractivity contribution in [3.8, 4) is 5.75 Å². The number of benzene rings is 1. The highest BCUT2D eigenvalue weighted by molar-refractivity contribution is 5.28. The van der Waals surface area contributed by atoms with E-state index in [0.29, 0.717) is 6.04 Å². The van der Waals surface area contributed by atoms with Gasteiger partial charge in [-0.15, -0.1) is 0 Å². The smallest absolute Gasteiger partial charge is 0.119 e. The molecule has 1 aromatic rings. The van der Waals surface area contributed by atoms with Crippen LogP contribution in [-0.2, 0) is 6.54 Å². The Labute approximate surface area is 129 Å². The van der Waals surface area contributed by atoms with E-state index in [4.69, 9.17) is 4.74 Å². The average molecular weight is 290 g/mol. The Balaban J connectivity index is 1.71. The molecule has 1 aliphatic heterocycles. The van der Waals surface area contributed by atoms with Crippen molar-refractivity contribution in [1.82, 2.24) is 10.2 Å². The van der Waals surface area contributed by atoms with Crippen LogP contribution in [0.5, 0.6) is 5.75 Å². The summed E-state index contributed by atoms with van der Waals surface area (Å²) in [7, 11) is 0. The Kier molecular flexibility index (Phi) is 6.52. The fourth-order valence-electron chi connectivity index (χ4n) is 2.65. The predicted octanol–water partition coefficient (Wildman–Crippen LogP) is 3.30. The van der Waals surface area contributed by atoms with Crippen LogP contribution in [0.3, 0.4) is 0 Å². The largest absolute Gasteiger partial charge is 0.492 e. The number of rotatable bonds is 7. The maximum atomic E-state index is 5.91. The van der Waals surface area contributed by atoms with E-state index in [1.807, 2.05) is 0 Å². The van der Waals surface area contributed by atoms with Crippen LogP contribution in [0.4, 0.5) is 0 Å². The third kappa shape index (κ3) is 6.06. The van der Waals surface area contributed by atoms with Crippen LogP contribution in [-0.4, -0.2) is 37.2 Å². The van der Waals surface area contributed by atoms with E-state index in [-0.39, 0.29) is 0 Å². The van der Waals surface area contributed by atoms with E-state index in [9.17, 15) is 0 Å². The lowest BCUT2D eigenvalue weighted by molar-refractivity contribution is 0.160. The highest BCUT2D eigenvalue weighted by atomic mass is 16.5. The number of ether oxygens (including phenoxy) is 1. The van der Waals surface area contributed by atoms with Gasteiger partial charge in [0.05, 0.1) is 0 Å². The topological polar surface area (TPSA) is 24.5 Å². The van der Waals surface area contributed by atoms with Crippen molar-refractivity contribution in [3.63, 3.8) is 0 Å². The molecule has 0 aliphatic carbocycles. The number of likely N-dealkylation sites (tertiary alicyclic amines) is 1. The predicted molar refractivity (Wildman–Crippen MR) is 88.8 cm³/mol. The lowest BCUT2D eigenvalue weighted by Crippen LogP contribution is -2.35. The molecule has 1 N–H and O–H groups in total. The van der Waals surface area contributed by atoms with Gasteiger partial charge in [0, 0.05) is 19.1 Å². The van der Waals surface area contributed by atoms with Crippen LogP contribution in [0.2, 0.25) is 0 Å². The second-order valence-corrected chi connectivity index (χ2v) is 6.56. The zero-order chi connectivity index (χ0) is 15.1. The summed E-state index contributed by atoms with van der Waals surface area (Å²) in [5.41, 5.74) is 1.29. The molecule has 1 saturated heterocycles. The van der Waals surface area contributed by atoms with Gasteiger partial charge in [0.2, 0.25) is 0 Å². The van der Waals surface area contributed by atoms with E-state index in [1.165, 1.54) is 31.5 Å². The summed E-state index contributed by atoms with van der Waals surface area (Å²) in [6.45, 7) is 11.9. The molecule has 1 aliphatic rings. The third-order valence-electron chi connectivity index (χ3n) is 4.17. The minimum atomic E-state index is 0.510. The molecular formula is C18H30N2O. The summed E-state index contributed by atoms with van der Waals surface area (Å²) < 4.78 is 5.91. The molecule has 0 unspecified atom stereocenters. The summed E-state index contributed by atoms with van der Waals surface area (Å²) in [5, 5.41) is 3.44. The monoisotopic (exact) mass is 290 g/mol.